The highest BCUT2D eigenvalue weighted by molar-refractivity contribution is 7.20. The van der Waals surface area contributed by atoms with Crippen molar-refractivity contribution < 1.29 is 115 Å². The Morgan fingerprint density at radius 3 is 0.947 bits per heavy atom. The van der Waals surface area contributed by atoms with Gasteiger partial charge in [-0.3, -0.25) is 9.78 Å². The van der Waals surface area contributed by atoms with Crippen molar-refractivity contribution in [2.75, 3.05) is 0 Å². The summed E-state index contributed by atoms with van der Waals surface area (Å²) in [5, 5.41) is 8.58. The summed E-state index contributed by atoms with van der Waals surface area (Å²) in [5.74, 6) is -0.207. The van der Waals surface area contributed by atoms with Crippen molar-refractivity contribution in [1.29, 1.82) is 5.26 Å². The Morgan fingerprint density at radius 1 is 0.440 bits per heavy atom. The molecule has 1 heterocycles. The van der Waals surface area contributed by atoms with Gasteiger partial charge in [-0.05, 0) is 24.3 Å². The third-order valence-corrected chi connectivity index (χ3v) is 11.0. The number of alkyl halides is 24. The molecule has 0 saturated carbocycles. The number of nitriles is 1. The highest BCUT2D eigenvalue weighted by Gasteiger charge is 2.47. The SMILES string of the molecule is FC(F)(F)c1cc([B-](c2cc(C(F)(F)F)cc(C(F)(F)F)c2)(c2cc(C(F)(F)F)cc(C(F)(F)F)c2)c2cc(C(F)(F)F)cc(C(F)(F)F)c2)cc(C(F)(F)F)c1.N#CCC(=O)c1cncc[n+]1Cc1ccccc1. The normalized spacial score (nSPS) is 13.2. The molecular weight excluding hydrogens is 1080 g/mol. The predicted octanol–water partition coefficient (Wildman–Crippen LogP) is 12.7. The first kappa shape index (κ1) is 58.6. The maximum atomic E-state index is 14.2. The van der Waals surface area contributed by atoms with Crippen LogP contribution in [0.4, 0.5) is 105 Å². The quantitative estimate of drug-likeness (QED) is 0.0660. The Labute approximate surface area is 404 Å². The van der Waals surface area contributed by atoms with Gasteiger partial charge >= 0.3 is 49.4 Å². The van der Waals surface area contributed by atoms with Crippen LogP contribution in [0.3, 0.4) is 0 Å². The molecule has 0 N–H and O–H groups in total. The van der Waals surface area contributed by atoms with Gasteiger partial charge < -0.3 is 0 Å². The standard InChI is InChI=1S/C32H12BF24.C14H12N3O/c34-25(35,36)13-1-14(26(37,38)39)6-21(5-13)33(22-7-15(27(40,41)42)2-16(8-22)28(43,44)45,23-9-17(29(46,47)48)3-18(10-23)30(49,50)51)24-11-19(31(52,53)54)4-20(12-24)32(55,56)57;15-7-6-14(18)13-10-16-8-9-17(13)11-12-4-2-1-3-5-12/h1-12H;1-5,8-10H,6,11H2/q-1;+1. The Balaban J connectivity index is 0.000000483. The molecule has 0 aliphatic carbocycles. The second-order valence-corrected chi connectivity index (χ2v) is 16.1. The molecule has 0 radical (unpaired) electrons. The lowest BCUT2D eigenvalue weighted by atomic mass is 9.12. The van der Waals surface area contributed by atoms with Crippen LogP contribution in [0.2, 0.25) is 0 Å². The van der Waals surface area contributed by atoms with Crippen LogP contribution in [0, 0.1) is 11.3 Å². The number of carbonyl (C=O) groups is 1. The predicted molar refractivity (Wildman–Crippen MR) is 215 cm³/mol. The number of rotatable bonds is 8. The van der Waals surface area contributed by atoms with Gasteiger partial charge in [0.1, 0.15) is 18.8 Å². The van der Waals surface area contributed by atoms with Gasteiger partial charge in [0, 0.05) is 5.56 Å². The molecule has 6 rings (SSSR count). The largest absolute Gasteiger partial charge is 0.416 e. The minimum atomic E-state index is -6.13. The second kappa shape index (κ2) is 20.4. The van der Waals surface area contributed by atoms with Gasteiger partial charge in [0.15, 0.2) is 12.7 Å². The monoisotopic (exact) mass is 1100 g/mol. The van der Waals surface area contributed by atoms with Crippen molar-refractivity contribution in [2.24, 2.45) is 0 Å². The van der Waals surface area contributed by atoms with Gasteiger partial charge in [0.25, 0.3) is 5.69 Å². The van der Waals surface area contributed by atoms with E-state index in [-0.39, 0.29) is 12.2 Å². The van der Waals surface area contributed by atoms with E-state index in [4.69, 9.17) is 5.26 Å². The smallest absolute Gasteiger partial charge is 0.286 e. The number of carbonyl (C=O) groups excluding carboxylic acids is 1. The summed E-state index contributed by atoms with van der Waals surface area (Å²) in [6.07, 6.45) is -50.0. The number of Topliss-reactive ketones (excluding diaryl/α,β-unsaturated/α-hetero) is 1. The highest BCUT2D eigenvalue weighted by atomic mass is 19.4. The lowest BCUT2D eigenvalue weighted by molar-refractivity contribution is -0.690. The first-order valence-corrected chi connectivity index (χ1v) is 20.2. The summed E-state index contributed by atoms with van der Waals surface area (Å²) >= 11 is 0. The molecule has 0 fully saturated rings. The fourth-order valence-corrected chi connectivity index (χ4v) is 7.77. The Hall–Kier alpha value is -7.28. The van der Waals surface area contributed by atoms with E-state index in [0.29, 0.717) is 12.2 Å². The molecule has 1 aromatic heterocycles. The minimum absolute atomic E-state index is 0.125. The van der Waals surface area contributed by atoms with Crippen LogP contribution in [0.1, 0.15) is 67.0 Å². The molecule has 0 spiro atoms. The second-order valence-electron chi connectivity index (χ2n) is 16.1. The van der Waals surface area contributed by atoms with Crippen molar-refractivity contribution in [1.82, 2.24) is 4.98 Å². The number of hydrogen-bond acceptors (Lipinski definition) is 3. The molecular formula is C46H24BF24N3O. The van der Waals surface area contributed by atoms with Gasteiger partial charge in [0.2, 0.25) is 5.78 Å². The average Bonchev–Trinajstić information content (AvgIpc) is 3.27. The average molecular weight is 1100 g/mol. The molecule has 400 valence electrons. The van der Waals surface area contributed by atoms with Crippen LogP contribution >= 0.6 is 0 Å². The summed E-state index contributed by atoms with van der Waals surface area (Å²) < 4.78 is 343. The van der Waals surface area contributed by atoms with Gasteiger partial charge in [0.05, 0.1) is 56.8 Å². The summed E-state index contributed by atoms with van der Waals surface area (Å²) in [5.41, 5.74) is -28.6. The number of hydrogen-bond donors (Lipinski definition) is 0. The Bertz CT molecular complexity index is 2650. The van der Waals surface area contributed by atoms with Gasteiger partial charge in [-0.2, -0.15) is 137 Å². The summed E-state index contributed by atoms with van der Waals surface area (Å²) in [4.78, 5) is 15.7. The van der Waals surface area contributed by atoms with Crippen LogP contribution in [0.25, 0.3) is 0 Å². The summed E-state index contributed by atoms with van der Waals surface area (Å²) in [7, 11) is 0. The topological polar surface area (TPSA) is 57.6 Å². The minimum Gasteiger partial charge on any atom is -0.286 e. The van der Waals surface area contributed by atoms with Crippen molar-refractivity contribution in [2.45, 2.75) is 62.4 Å². The van der Waals surface area contributed by atoms with Gasteiger partial charge in [-0.15, -0.1) is 0 Å². The maximum absolute atomic E-state index is 14.2. The molecule has 29 heteroatoms. The molecule has 0 unspecified atom stereocenters. The fourth-order valence-electron chi connectivity index (χ4n) is 7.77. The number of nitrogens with zero attached hydrogens (tertiary/aromatic N) is 3. The Kier molecular flexibility index (Phi) is 16.0. The third-order valence-electron chi connectivity index (χ3n) is 11.0. The zero-order valence-electron chi connectivity index (χ0n) is 36.4. The molecule has 75 heavy (non-hydrogen) atoms. The van der Waals surface area contributed by atoms with E-state index >= 15 is 0 Å². The summed E-state index contributed by atoms with van der Waals surface area (Å²) in [6.45, 7) is 0.593. The lowest BCUT2D eigenvalue weighted by Gasteiger charge is -2.46. The zero-order valence-corrected chi connectivity index (χ0v) is 36.4. The van der Waals surface area contributed by atoms with Crippen LogP contribution in [0.15, 0.2) is 122 Å². The van der Waals surface area contributed by atoms with E-state index in [1.54, 1.807) is 12.4 Å². The summed E-state index contributed by atoms with van der Waals surface area (Å²) in [6, 6.07) is 2.89. The van der Waals surface area contributed by atoms with Gasteiger partial charge in [-0.1, -0.05) is 78.9 Å². The van der Waals surface area contributed by atoms with Crippen molar-refractivity contribution >= 4 is 33.8 Å². The number of aromatic nitrogens is 2. The third kappa shape index (κ3) is 13.7. The van der Waals surface area contributed by atoms with E-state index in [2.05, 4.69) is 4.98 Å². The van der Waals surface area contributed by atoms with Crippen molar-refractivity contribution in [3.63, 3.8) is 0 Å². The van der Waals surface area contributed by atoms with Crippen LogP contribution in [0.5, 0.6) is 0 Å². The van der Waals surface area contributed by atoms with Crippen molar-refractivity contribution in [3.8, 4) is 6.07 Å². The lowest BCUT2D eigenvalue weighted by Crippen LogP contribution is -2.75. The van der Waals surface area contributed by atoms with E-state index in [0.717, 1.165) is 5.56 Å². The van der Waals surface area contributed by atoms with Crippen LogP contribution < -0.4 is 26.4 Å². The molecule has 6 aromatic rings. The van der Waals surface area contributed by atoms with E-state index in [1.165, 1.54) is 6.20 Å². The molecule has 4 nitrogen and oxygen atoms in total. The molecule has 5 aromatic carbocycles. The number of ketones is 1. The first-order chi connectivity index (χ1) is 34.1. The van der Waals surface area contributed by atoms with Gasteiger partial charge in [-0.25, -0.2) is 0 Å². The van der Waals surface area contributed by atoms with Crippen molar-refractivity contribution in [3.05, 3.63) is 177 Å². The highest BCUT2D eigenvalue weighted by Crippen LogP contribution is 2.41. The van der Waals surface area contributed by atoms with E-state index in [9.17, 15) is 110 Å². The number of benzene rings is 5. The molecule has 0 saturated heterocycles. The van der Waals surface area contributed by atoms with Crippen LogP contribution in [-0.4, -0.2) is 16.9 Å². The zero-order chi connectivity index (χ0) is 56.7. The molecule has 0 bridgehead atoms. The van der Waals surface area contributed by atoms with Crippen LogP contribution in [-0.2, 0) is 56.0 Å². The molecule has 0 atom stereocenters. The Morgan fingerprint density at radius 2 is 0.707 bits per heavy atom. The first-order valence-electron chi connectivity index (χ1n) is 20.2. The molecule has 0 aliphatic heterocycles. The number of halogens is 24. The molecule has 0 amide bonds. The maximum Gasteiger partial charge on any atom is 0.416 e. The van der Waals surface area contributed by atoms with E-state index in [1.807, 2.05) is 41.0 Å². The van der Waals surface area contributed by atoms with E-state index < -0.39 is 195 Å². The fraction of sp³-hybridized carbons (Fsp3) is 0.217. The molecule has 0 aliphatic rings.